The standard InChI is InChI=1S/C11H17NO/c1-8(9-4-5-9)11(12)7-10-3-2-6-13-10/h2-3,6,8-9,11H,4-5,7,12H2,1H3. The molecule has 2 nitrogen and oxygen atoms in total. The van der Waals surface area contributed by atoms with Crippen molar-refractivity contribution in [3.05, 3.63) is 24.2 Å². The van der Waals surface area contributed by atoms with Gasteiger partial charge in [0.2, 0.25) is 0 Å². The Labute approximate surface area is 79.1 Å². The highest BCUT2D eigenvalue weighted by atomic mass is 16.3. The molecule has 1 heterocycles. The molecule has 0 aromatic carbocycles. The van der Waals surface area contributed by atoms with Crippen molar-refractivity contribution in [3.8, 4) is 0 Å². The molecule has 1 saturated carbocycles. The normalized spacial score (nSPS) is 21.4. The average molecular weight is 179 g/mol. The van der Waals surface area contributed by atoms with E-state index in [1.54, 1.807) is 6.26 Å². The van der Waals surface area contributed by atoms with E-state index in [1.165, 1.54) is 12.8 Å². The molecular formula is C11H17NO. The molecule has 72 valence electrons. The van der Waals surface area contributed by atoms with Crippen LogP contribution in [0.25, 0.3) is 0 Å². The zero-order valence-electron chi connectivity index (χ0n) is 8.07. The molecule has 1 aromatic heterocycles. The molecule has 0 spiro atoms. The predicted molar refractivity (Wildman–Crippen MR) is 52.3 cm³/mol. The molecule has 13 heavy (non-hydrogen) atoms. The van der Waals surface area contributed by atoms with Gasteiger partial charge in [0.15, 0.2) is 0 Å². The summed E-state index contributed by atoms with van der Waals surface area (Å²) >= 11 is 0. The van der Waals surface area contributed by atoms with E-state index < -0.39 is 0 Å². The van der Waals surface area contributed by atoms with E-state index in [0.717, 1.165) is 18.1 Å². The Balaban J connectivity index is 1.86. The summed E-state index contributed by atoms with van der Waals surface area (Å²) in [6.07, 6.45) is 5.33. The van der Waals surface area contributed by atoms with Gasteiger partial charge in [-0.25, -0.2) is 0 Å². The van der Waals surface area contributed by atoms with Gasteiger partial charge in [0, 0.05) is 12.5 Å². The predicted octanol–water partition coefficient (Wildman–Crippen LogP) is 2.20. The zero-order valence-corrected chi connectivity index (χ0v) is 8.07. The Morgan fingerprint density at radius 1 is 1.62 bits per heavy atom. The van der Waals surface area contributed by atoms with E-state index in [0.29, 0.717) is 5.92 Å². The molecular weight excluding hydrogens is 162 g/mol. The third kappa shape index (κ3) is 2.13. The second-order valence-corrected chi connectivity index (χ2v) is 4.14. The maximum Gasteiger partial charge on any atom is 0.105 e. The van der Waals surface area contributed by atoms with Crippen LogP contribution in [0, 0.1) is 11.8 Å². The van der Waals surface area contributed by atoms with Gasteiger partial charge in [-0.15, -0.1) is 0 Å². The van der Waals surface area contributed by atoms with Crippen molar-refractivity contribution in [2.45, 2.75) is 32.2 Å². The van der Waals surface area contributed by atoms with Gasteiger partial charge in [-0.05, 0) is 36.8 Å². The quantitative estimate of drug-likeness (QED) is 0.769. The molecule has 1 fully saturated rings. The minimum Gasteiger partial charge on any atom is -0.469 e. The summed E-state index contributed by atoms with van der Waals surface area (Å²) < 4.78 is 5.27. The Hall–Kier alpha value is -0.760. The number of hydrogen-bond donors (Lipinski definition) is 1. The fraction of sp³-hybridized carbons (Fsp3) is 0.636. The van der Waals surface area contributed by atoms with Crippen LogP contribution in [0.5, 0.6) is 0 Å². The summed E-state index contributed by atoms with van der Waals surface area (Å²) in [6, 6.07) is 4.18. The lowest BCUT2D eigenvalue weighted by atomic mass is 9.94. The van der Waals surface area contributed by atoms with Crippen molar-refractivity contribution in [1.82, 2.24) is 0 Å². The Morgan fingerprint density at radius 2 is 2.38 bits per heavy atom. The monoisotopic (exact) mass is 179 g/mol. The van der Waals surface area contributed by atoms with Gasteiger partial charge in [-0.3, -0.25) is 0 Å². The summed E-state index contributed by atoms with van der Waals surface area (Å²) in [7, 11) is 0. The molecule has 0 aliphatic heterocycles. The fourth-order valence-corrected chi connectivity index (χ4v) is 1.82. The van der Waals surface area contributed by atoms with Gasteiger partial charge >= 0.3 is 0 Å². The van der Waals surface area contributed by atoms with E-state index in [-0.39, 0.29) is 6.04 Å². The maximum absolute atomic E-state index is 6.09. The second kappa shape index (κ2) is 3.54. The van der Waals surface area contributed by atoms with Crippen LogP contribution in [0.15, 0.2) is 22.8 Å². The Kier molecular flexibility index (Phi) is 2.40. The number of furan rings is 1. The highest BCUT2D eigenvalue weighted by Gasteiger charge is 2.31. The third-order valence-electron chi connectivity index (χ3n) is 3.06. The Morgan fingerprint density at radius 3 is 2.92 bits per heavy atom. The van der Waals surface area contributed by atoms with Gasteiger partial charge < -0.3 is 10.2 Å². The molecule has 1 aromatic rings. The molecule has 0 saturated heterocycles. The van der Waals surface area contributed by atoms with Gasteiger partial charge in [-0.2, -0.15) is 0 Å². The van der Waals surface area contributed by atoms with Gasteiger partial charge in [0.05, 0.1) is 6.26 Å². The minimum atomic E-state index is 0.263. The molecule has 0 amide bonds. The van der Waals surface area contributed by atoms with E-state index >= 15 is 0 Å². The van der Waals surface area contributed by atoms with E-state index in [1.807, 2.05) is 12.1 Å². The lowest BCUT2D eigenvalue weighted by molar-refractivity contribution is 0.377. The van der Waals surface area contributed by atoms with Crippen molar-refractivity contribution < 1.29 is 4.42 Å². The summed E-state index contributed by atoms with van der Waals surface area (Å²) in [5, 5.41) is 0. The molecule has 2 N–H and O–H groups in total. The van der Waals surface area contributed by atoms with Gasteiger partial charge in [0.1, 0.15) is 5.76 Å². The van der Waals surface area contributed by atoms with Crippen LogP contribution in [-0.2, 0) is 6.42 Å². The van der Waals surface area contributed by atoms with Crippen LogP contribution in [0.1, 0.15) is 25.5 Å². The molecule has 1 aliphatic rings. The number of nitrogens with two attached hydrogens (primary N) is 1. The number of rotatable bonds is 4. The minimum absolute atomic E-state index is 0.263. The van der Waals surface area contributed by atoms with Crippen LogP contribution in [0.3, 0.4) is 0 Å². The maximum atomic E-state index is 6.09. The summed E-state index contributed by atoms with van der Waals surface area (Å²) in [6.45, 7) is 2.26. The first-order valence-electron chi connectivity index (χ1n) is 5.05. The fourth-order valence-electron chi connectivity index (χ4n) is 1.82. The molecule has 1 aliphatic carbocycles. The highest BCUT2D eigenvalue weighted by Crippen LogP contribution is 2.38. The summed E-state index contributed by atoms with van der Waals surface area (Å²) in [4.78, 5) is 0. The molecule has 0 bridgehead atoms. The van der Waals surface area contributed by atoms with Crippen LogP contribution >= 0.6 is 0 Å². The van der Waals surface area contributed by atoms with Crippen molar-refractivity contribution in [1.29, 1.82) is 0 Å². The molecule has 2 atom stereocenters. The first kappa shape index (κ1) is 8.82. The first-order chi connectivity index (χ1) is 6.27. The van der Waals surface area contributed by atoms with E-state index in [2.05, 4.69) is 6.92 Å². The van der Waals surface area contributed by atoms with Crippen molar-refractivity contribution >= 4 is 0 Å². The van der Waals surface area contributed by atoms with E-state index in [4.69, 9.17) is 10.2 Å². The van der Waals surface area contributed by atoms with Crippen LogP contribution in [-0.4, -0.2) is 6.04 Å². The second-order valence-electron chi connectivity index (χ2n) is 4.14. The smallest absolute Gasteiger partial charge is 0.105 e. The number of hydrogen-bond acceptors (Lipinski definition) is 2. The molecule has 2 heteroatoms. The summed E-state index contributed by atoms with van der Waals surface area (Å²) in [5.74, 6) is 2.54. The van der Waals surface area contributed by atoms with Gasteiger partial charge in [0.25, 0.3) is 0 Å². The highest BCUT2D eigenvalue weighted by molar-refractivity contribution is 5.01. The van der Waals surface area contributed by atoms with Crippen LogP contribution < -0.4 is 5.73 Å². The topological polar surface area (TPSA) is 39.2 Å². The Bertz CT molecular complexity index is 251. The van der Waals surface area contributed by atoms with Crippen molar-refractivity contribution in [2.24, 2.45) is 17.6 Å². The van der Waals surface area contributed by atoms with Crippen LogP contribution in [0.2, 0.25) is 0 Å². The summed E-state index contributed by atoms with van der Waals surface area (Å²) in [5.41, 5.74) is 6.09. The van der Waals surface area contributed by atoms with Crippen molar-refractivity contribution in [2.75, 3.05) is 0 Å². The molecule has 2 unspecified atom stereocenters. The van der Waals surface area contributed by atoms with Crippen LogP contribution in [0.4, 0.5) is 0 Å². The zero-order chi connectivity index (χ0) is 9.26. The van der Waals surface area contributed by atoms with Gasteiger partial charge in [-0.1, -0.05) is 6.92 Å². The third-order valence-corrected chi connectivity index (χ3v) is 3.06. The lowest BCUT2D eigenvalue weighted by Crippen LogP contribution is -2.31. The van der Waals surface area contributed by atoms with Crippen molar-refractivity contribution in [3.63, 3.8) is 0 Å². The largest absolute Gasteiger partial charge is 0.469 e. The lowest BCUT2D eigenvalue weighted by Gasteiger charge is -2.17. The van der Waals surface area contributed by atoms with E-state index in [9.17, 15) is 0 Å². The molecule has 0 radical (unpaired) electrons. The molecule has 2 rings (SSSR count). The first-order valence-corrected chi connectivity index (χ1v) is 5.05. The average Bonchev–Trinajstić information content (AvgIpc) is 2.85. The SMILES string of the molecule is CC(C(N)Cc1ccco1)C1CC1.